The van der Waals surface area contributed by atoms with Crippen molar-refractivity contribution in [2.45, 2.75) is 19.4 Å². The van der Waals surface area contributed by atoms with Crippen molar-refractivity contribution in [1.82, 2.24) is 10.3 Å². The summed E-state index contributed by atoms with van der Waals surface area (Å²) in [4.78, 5) is 3.96. The number of pyridine rings is 1. The summed E-state index contributed by atoms with van der Waals surface area (Å²) in [5.41, 5.74) is 3.34. The minimum absolute atomic E-state index is 0.438. The zero-order valence-electron chi connectivity index (χ0n) is 11.5. The number of hydrogen-bond donors (Lipinski definition) is 2. The van der Waals surface area contributed by atoms with Crippen LogP contribution in [0.3, 0.4) is 0 Å². The van der Waals surface area contributed by atoms with Crippen LogP contribution in [0.2, 0.25) is 5.15 Å². The van der Waals surface area contributed by atoms with E-state index in [0.29, 0.717) is 11.7 Å². The van der Waals surface area contributed by atoms with Gasteiger partial charge in [-0.1, -0.05) is 47.5 Å². The van der Waals surface area contributed by atoms with Crippen LogP contribution in [0.15, 0.2) is 42.6 Å². The molecular formula is C16H19ClN2O. The van der Waals surface area contributed by atoms with Gasteiger partial charge in [0, 0.05) is 18.3 Å². The van der Waals surface area contributed by atoms with Gasteiger partial charge < -0.3 is 10.4 Å². The fraction of sp³-hybridized carbons (Fsp3) is 0.312. The molecule has 0 aliphatic rings. The predicted molar refractivity (Wildman–Crippen MR) is 82.0 cm³/mol. The van der Waals surface area contributed by atoms with E-state index in [0.717, 1.165) is 18.5 Å². The molecule has 1 aromatic carbocycles. The molecule has 0 bridgehead atoms. The van der Waals surface area contributed by atoms with Crippen molar-refractivity contribution in [3.63, 3.8) is 0 Å². The average molecular weight is 291 g/mol. The second-order valence-corrected chi connectivity index (χ2v) is 5.26. The number of aliphatic hydroxyl groups excluding tert-OH is 1. The van der Waals surface area contributed by atoms with Crippen LogP contribution < -0.4 is 5.32 Å². The van der Waals surface area contributed by atoms with Crippen LogP contribution >= 0.6 is 11.6 Å². The van der Waals surface area contributed by atoms with Crippen LogP contribution in [0.5, 0.6) is 0 Å². The molecule has 0 aliphatic heterocycles. The van der Waals surface area contributed by atoms with Crippen molar-refractivity contribution >= 4 is 11.6 Å². The molecule has 4 heteroatoms. The molecule has 0 saturated carbocycles. The van der Waals surface area contributed by atoms with E-state index in [1.54, 1.807) is 18.3 Å². The van der Waals surface area contributed by atoms with Crippen LogP contribution in [0.4, 0.5) is 0 Å². The lowest BCUT2D eigenvalue weighted by Gasteiger charge is -2.12. The summed E-state index contributed by atoms with van der Waals surface area (Å²) in [6.07, 6.45) is 2.00. The summed E-state index contributed by atoms with van der Waals surface area (Å²) in [6, 6.07) is 12.0. The summed E-state index contributed by atoms with van der Waals surface area (Å²) in [5, 5.41) is 13.7. The first kappa shape index (κ1) is 15.0. The van der Waals surface area contributed by atoms with E-state index < -0.39 is 6.10 Å². The lowest BCUT2D eigenvalue weighted by Crippen LogP contribution is -2.23. The minimum Gasteiger partial charge on any atom is -0.387 e. The largest absolute Gasteiger partial charge is 0.387 e. The average Bonchev–Trinajstić information content (AvgIpc) is 2.46. The molecule has 0 spiro atoms. The number of nitrogens with one attached hydrogen (secondary N) is 1. The molecule has 2 N–H and O–H groups in total. The summed E-state index contributed by atoms with van der Waals surface area (Å²) in [5.74, 6) is 0. The molecule has 3 nitrogen and oxygen atoms in total. The van der Waals surface area contributed by atoms with Crippen molar-refractivity contribution in [2.75, 3.05) is 13.1 Å². The Bertz CT molecular complexity index is 525. The van der Waals surface area contributed by atoms with Crippen LogP contribution in [0, 0.1) is 6.92 Å². The third kappa shape index (κ3) is 4.60. The van der Waals surface area contributed by atoms with Gasteiger partial charge in [0.1, 0.15) is 5.15 Å². The molecule has 1 heterocycles. The number of aryl methyl sites for hydroxylation is 1. The minimum atomic E-state index is -0.558. The van der Waals surface area contributed by atoms with Crippen molar-refractivity contribution in [2.24, 2.45) is 0 Å². The molecule has 0 radical (unpaired) electrons. The smallest absolute Gasteiger partial charge is 0.129 e. The normalized spacial score (nSPS) is 12.3. The van der Waals surface area contributed by atoms with Crippen LogP contribution in [0.1, 0.15) is 22.8 Å². The summed E-state index contributed by atoms with van der Waals surface area (Å²) in [6.45, 7) is 3.43. The van der Waals surface area contributed by atoms with Crippen molar-refractivity contribution in [3.8, 4) is 0 Å². The first-order chi connectivity index (χ1) is 9.65. The number of halogens is 1. The molecular weight excluding hydrogens is 272 g/mol. The second-order valence-electron chi connectivity index (χ2n) is 4.87. The Labute approximate surface area is 124 Å². The fourth-order valence-corrected chi connectivity index (χ4v) is 2.04. The lowest BCUT2D eigenvalue weighted by atomic mass is 10.1. The SMILES string of the molecule is Cc1ccc(CCNCC(O)c2ccc(Cl)nc2)cc1. The molecule has 0 aliphatic carbocycles. The maximum Gasteiger partial charge on any atom is 0.129 e. The van der Waals surface area contributed by atoms with E-state index in [1.807, 2.05) is 0 Å². The van der Waals surface area contributed by atoms with Crippen LogP contribution in [0.25, 0.3) is 0 Å². The number of hydrogen-bond acceptors (Lipinski definition) is 3. The molecule has 1 atom stereocenters. The van der Waals surface area contributed by atoms with E-state index in [-0.39, 0.29) is 0 Å². The van der Waals surface area contributed by atoms with Gasteiger partial charge in [0.2, 0.25) is 0 Å². The molecule has 2 rings (SSSR count). The maximum atomic E-state index is 10.00. The Morgan fingerprint density at radius 1 is 1.20 bits per heavy atom. The summed E-state index contributed by atoms with van der Waals surface area (Å²) < 4.78 is 0. The summed E-state index contributed by atoms with van der Waals surface area (Å²) >= 11 is 5.71. The zero-order chi connectivity index (χ0) is 14.4. The lowest BCUT2D eigenvalue weighted by molar-refractivity contribution is 0.174. The van der Waals surface area contributed by atoms with Gasteiger partial charge in [-0.2, -0.15) is 0 Å². The van der Waals surface area contributed by atoms with E-state index in [4.69, 9.17) is 11.6 Å². The van der Waals surface area contributed by atoms with Gasteiger partial charge in [-0.15, -0.1) is 0 Å². The zero-order valence-corrected chi connectivity index (χ0v) is 12.3. The van der Waals surface area contributed by atoms with Crippen molar-refractivity contribution in [1.29, 1.82) is 0 Å². The number of aromatic nitrogens is 1. The van der Waals surface area contributed by atoms with Gasteiger partial charge in [-0.05, 0) is 31.5 Å². The highest BCUT2D eigenvalue weighted by atomic mass is 35.5. The quantitative estimate of drug-likeness (QED) is 0.635. The number of benzene rings is 1. The van der Waals surface area contributed by atoms with Crippen molar-refractivity contribution < 1.29 is 5.11 Å². The van der Waals surface area contributed by atoms with Crippen molar-refractivity contribution in [3.05, 3.63) is 64.4 Å². The fourth-order valence-electron chi connectivity index (χ4n) is 1.93. The third-order valence-electron chi connectivity index (χ3n) is 3.18. The molecule has 20 heavy (non-hydrogen) atoms. The summed E-state index contributed by atoms with van der Waals surface area (Å²) in [7, 11) is 0. The van der Waals surface area contributed by atoms with Crippen LogP contribution in [-0.2, 0) is 6.42 Å². The molecule has 0 saturated heterocycles. The van der Waals surface area contributed by atoms with Gasteiger partial charge in [0.25, 0.3) is 0 Å². The molecule has 106 valence electrons. The Kier molecular flexibility index (Phi) is 5.53. The Balaban J connectivity index is 1.72. The van der Waals surface area contributed by atoms with Crippen LogP contribution in [-0.4, -0.2) is 23.2 Å². The predicted octanol–water partition coefficient (Wildman–Crippen LogP) is 2.91. The van der Waals surface area contributed by atoms with Gasteiger partial charge in [0.15, 0.2) is 0 Å². The number of aliphatic hydroxyl groups is 1. The Morgan fingerprint density at radius 3 is 2.60 bits per heavy atom. The topological polar surface area (TPSA) is 45.1 Å². The molecule has 0 amide bonds. The first-order valence-electron chi connectivity index (χ1n) is 6.71. The first-order valence-corrected chi connectivity index (χ1v) is 7.09. The second kappa shape index (κ2) is 7.39. The molecule has 1 aromatic heterocycles. The molecule has 2 aromatic rings. The van der Waals surface area contributed by atoms with E-state index in [2.05, 4.69) is 41.5 Å². The highest BCUT2D eigenvalue weighted by Gasteiger charge is 2.07. The van der Waals surface area contributed by atoms with Gasteiger partial charge >= 0.3 is 0 Å². The van der Waals surface area contributed by atoms with Gasteiger partial charge in [-0.3, -0.25) is 0 Å². The molecule has 0 fully saturated rings. The molecule has 1 unspecified atom stereocenters. The monoisotopic (exact) mass is 290 g/mol. The standard InChI is InChI=1S/C16H19ClN2O/c1-12-2-4-13(5-3-12)8-9-18-11-15(20)14-6-7-16(17)19-10-14/h2-7,10,15,18,20H,8-9,11H2,1H3. The Morgan fingerprint density at radius 2 is 1.95 bits per heavy atom. The third-order valence-corrected chi connectivity index (χ3v) is 3.41. The highest BCUT2D eigenvalue weighted by molar-refractivity contribution is 6.29. The maximum absolute atomic E-state index is 10.00. The highest BCUT2D eigenvalue weighted by Crippen LogP contribution is 2.13. The van der Waals surface area contributed by atoms with E-state index in [9.17, 15) is 5.11 Å². The number of rotatable bonds is 6. The van der Waals surface area contributed by atoms with Gasteiger partial charge in [0.05, 0.1) is 6.10 Å². The van der Waals surface area contributed by atoms with E-state index >= 15 is 0 Å². The van der Waals surface area contributed by atoms with E-state index in [1.165, 1.54) is 11.1 Å². The Hall–Kier alpha value is -1.42. The number of nitrogens with zero attached hydrogens (tertiary/aromatic N) is 1. The van der Waals surface area contributed by atoms with Gasteiger partial charge in [-0.25, -0.2) is 4.98 Å².